The van der Waals surface area contributed by atoms with Gasteiger partial charge in [0.15, 0.2) is 5.88 Å². The van der Waals surface area contributed by atoms with Crippen molar-refractivity contribution in [3.63, 3.8) is 0 Å². The van der Waals surface area contributed by atoms with Crippen LogP contribution in [-0.2, 0) is 11.3 Å². The van der Waals surface area contributed by atoms with Crippen LogP contribution >= 0.6 is 0 Å². The van der Waals surface area contributed by atoms with E-state index in [2.05, 4.69) is 27.5 Å². The Hall–Kier alpha value is -4.71. The number of benzene rings is 2. The second-order valence-electron chi connectivity index (χ2n) is 7.70. The molecule has 0 spiro atoms. The third-order valence-corrected chi connectivity index (χ3v) is 5.58. The molecule has 9 nitrogen and oxygen atoms in total. The average molecular weight is 442 g/mol. The molecule has 9 heteroatoms. The van der Waals surface area contributed by atoms with Gasteiger partial charge in [-0.3, -0.25) is 14.9 Å². The summed E-state index contributed by atoms with van der Waals surface area (Å²) in [5.41, 5.74) is -1.29. The molecule has 0 unspecified atom stereocenters. The Labute approximate surface area is 187 Å². The molecule has 1 fully saturated rings. The summed E-state index contributed by atoms with van der Waals surface area (Å²) in [7, 11) is 1.52. The number of fused-ring (bicyclic) bond motifs is 2. The summed E-state index contributed by atoms with van der Waals surface area (Å²) < 4.78 is 6.63. The van der Waals surface area contributed by atoms with Crippen LogP contribution < -0.4 is 20.9 Å². The molecule has 1 saturated heterocycles. The van der Waals surface area contributed by atoms with Gasteiger partial charge in [-0.15, -0.1) is 0 Å². The number of nitrogens with zero attached hydrogens (tertiary/aromatic N) is 1. The first-order valence-electron chi connectivity index (χ1n) is 10.0. The highest BCUT2D eigenvalue weighted by atomic mass is 16.5. The van der Waals surface area contributed by atoms with Crippen LogP contribution in [0.1, 0.15) is 5.56 Å². The Bertz CT molecular complexity index is 1570. The molecule has 0 radical (unpaired) electrons. The van der Waals surface area contributed by atoms with Gasteiger partial charge in [0.1, 0.15) is 5.75 Å². The van der Waals surface area contributed by atoms with Crippen molar-refractivity contribution in [1.82, 2.24) is 20.2 Å². The summed E-state index contributed by atoms with van der Waals surface area (Å²) in [5.74, 6) is 5.30. The molecule has 0 bridgehead atoms. The number of carbonyl (C=O) groups is 2. The third kappa shape index (κ3) is 3.43. The van der Waals surface area contributed by atoms with E-state index in [0.29, 0.717) is 22.0 Å². The van der Waals surface area contributed by atoms with Crippen LogP contribution in [0.5, 0.6) is 11.6 Å². The second kappa shape index (κ2) is 7.46. The van der Waals surface area contributed by atoms with Gasteiger partial charge in [0.25, 0.3) is 11.5 Å². The van der Waals surface area contributed by atoms with E-state index in [1.807, 2.05) is 12.1 Å². The highest BCUT2D eigenvalue weighted by Gasteiger charge is 2.46. The highest BCUT2D eigenvalue weighted by molar-refractivity contribution is 6.09. The number of para-hydroxylation sites is 1. The zero-order valence-electron chi connectivity index (χ0n) is 17.4. The van der Waals surface area contributed by atoms with Crippen LogP contribution in [0.2, 0.25) is 0 Å². The van der Waals surface area contributed by atoms with Crippen molar-refractivity contribution in [1.29, 1.82) is 0 Å². The number of aromatic hydroxyl groups is 1. The molecule has 0 aliphatic carbocycles. The van der Waals surface area contributed by atoms with Crippen LogP contribution in [-0.4, -0.2) is 39.2 Å². The number of amides is 3. The lowest BCUT2D eigenvalue weighted by atomic mass is 9.99. The quantitative estimate of drug-likeness (QED) is 0.285. The Morgan fingerprint density at radius 1 is 1.09 bits per heavy atom. The number of imide groups is 1. The van der Waals surface area contributed by atoms with E-state index >= 15 is 0 Å². The van der Waals surface area contributed by atoms with Crippen molar-refractivity contribution in [2.24, 2.45) is 0 Å². The van der Waals surface area contributed by atoms with Gasteiger partial charge < -0.3 is 24.7 Å². The van der Waals surface area contributed by atoms with Crippen LogP contribution in [0, 0.1) is 11.8 Å². The Kier molecular flexibility index (Phi) is 4.57. The SMILES string of the molecule is COc1ccc2cn(C[C@@]3(C#Cc4cc5ccccc5[nH]c4=O)NC(=O)NC3=O)c(O)c2c1. The van der Waals surface area contributed by atoms with Gasteiger partial charge in [-0.1, -0.05) is 30.0 Å². The lowest BCUT2D eigenvalue weighted by Gasteiger charge is -2.20. The zero-order valence-corrected chi connectivity index (χ0v) is 17.4. The lowest BCUT2D eigenvalue weighted by Crippen LogP contribution is -2.49. The van der Waals surface area contributed by atoms with E-state index in [1.54, 1.807) is 42.6 Å². The monoisotopic (exact) mass is 442 g/mol. The smallest absolute Gasteiger partial charge is 0.323 e. The van der Waals surface area contributed by atoms with E-state index in [9.17, 15) is 19.5 Å². The number of rotatable bonds is 3. The first kappa shape index (κ1) is 20.2. The van der Waals surface area contributed by atoms with Crippen molar-refractivity contribution in [3.8, 4) is 23.5 Å². The number of hydrogen-bond acceptors (Lipinski definition) is 5. The fourth-order valence-corrected chi connectivity index (χ4v) is 3.87. The molecule has 1 aliphatic rings. The standard InChI is InChI=1S/C24H18N4O5/c1-33-17-7-6-16-12-28(21(30)18(16)11-17)13-24(22(31)26-23(32)27-24)9-8-15-10-14-4-2-3-5-19(14)25-20(15)29/h2-7,10-12,30H,13H2,1H3,(H,25,29)(H2,26,27,31,32)/t24-/m1/s1. The number of nitrogens with one attached hydrogen (secondary N) is 3. The van der Waals surface area contributed by atoms with E-state index in [-0.39, 0.29) is 18.0 Å². The Morgan fingerprint density at radius 2 is 1.91 bits per heavy atom. The number of urea groups is 1. The number of hydrogen-bond donors (Lipinski definition) is 4. The molecule has 3 heterocycles. The maximum Gasteiger partial charge on any atom is 0.323 e. The first-order valence-corrected chi connectivity index (χ1v) is 10.0. The maximum absolute atomic E-state index is 12.8. The summed E-state index contributed by atoms with van der Waals surface area (Å²) in [6, 6.07) is 13.3. The van der Waals surface area contributed by atoms with Gasteiger partial charge in [-0.25, -0.2) is 4.79 Å². The molecule has 3 amide bonds. The number of aromatic nitrogens is 2. The van der Waals surface area contributed by atoms with Crippen molar-refractivity contribution in [3.05, 3.63) is 70.6 Å². The normalized spacial score (nSPS) is 17.5. The Morgan fingerprint density at radius 3 is 2.67 bits per heavy atom. The molecular weight excluding hydrogens is 424 g/mol. The van der Waals surface area contributed by atoms with E-state index in [0.717, 1.165) is 5.39 Å². The lowest BCUT2D eigenvalue weighted by molar-refractivity contribution is -0.122. The van der Waals surface area contributed by atoms with Crippen LogP contribution in [0.25, 0.3) is 21.7 Å². The van der Waals surface area contributed by atoms with Crippen LogP contribution in [0.3, 0.4) is 0 Å². The minimum atomic E-state index is -1.69. The summed E-state index contributed by atoms with van der Waals surface area (Å²) in [4.78, 5) is 40.0. The zero-order chi connectivity index (χ0) is 23.2. The highest BCUT2D eigenvalue weighted by Crippen LogP contribution is 2.32. The summed E-state index contributed by atoms with van der Waals surface area (Å²) >= 11 is 0. The number of aromatic amines is 1. The van der Waals surface area contributed by atoms with Gasteiger partial charge >= 0.3 is 6.03 Å². The van der Waals surface area contributed by atoms with Crippen molar-refractivity contribution < 1.29 is 19.4 Å². The minimum absolute atomic E-state index is 0.109. The van der Waals surface area contributed by atoms with Crippen molar-refractivity contribution in [2.45, 2.75) is 12.1 Å². The minimum Gasteiger partial charge on any atom is -0.497 e. The molecule has 4 N–H and O–H groups in total. The summed E-state index contributed by atoms with van der Waals surface area (Å²) in [5, 5.41) is 17.5. The van der Waals surface area contributed by atoms with E-state index in [1.165, 1.54) is 11.7 Å². The molecule has 1 atom stereocenters. The van der Waals surface area contributed by atoms with E-state index in [4.69, 9.17) is 4.74 Å². The topological polar surface area (TPSA) is 125 Å². The second-order valence-corrected chi connectivity index (χ2v) is 7.70. The van der Waals surface area contributed by atoms with Crippen LogP contribution in [0.15, 0.2) is 59.5 Å². The number of ether oxygens (including phenoxy) is 1. The average Bonchev–Trinajstić information content (AvgIpc) is 3.26. The van der Waals surface area contributed by atoms with Gasteiger partial charge in [0.05, 0.1) is 19.2 Å². The van der Waals surface area contributed by atoms with Gasteiger partial charge in [0, 0.05) is 22.5 Å². The van der Waals surface area contributed by atoms with Gasteiger partial charge in [0.2, 0.25) is 5.54 Å². The number of methoxy groups -OCH3 is 1. The van der Waals surface area contributed by atoms with Crippen molar-refractivity contribution in [2.75, 3.05) is 7.11 Å². The molecule has 2 aromatic heterocycles. The third-order valence-electron chi connectivity index (χ3n) is 5.58. The molecule has 33 heavy (non-hydrogen) atoms. The van der Waals surface area contributed by atoms with Crippen molar-refractivity contribution >= 4 is 33.6 Å². The maximum atomic E-state index is 12.8. The Balaban J connectivity index is 1.59. The predicted molar refractivity (Wildman–Crippen MR) is 121 cm³/mol. The molecule has 2 aromatic carbocycles. The number of H-pyrrole nitrogens is 1. The molecule has 1 aliphatic heterocycles. The molecule has 5 rings (SSSR count). The molecule has 0 saturated carbocycles. The molecule has 164 valence electrons. The van der Waals surface area contributed by atoms with Crippen LogP contribution in [0.4, 0.5) is 4.79 Å². The molecule has 4 aromatic rings. The fourth-order valence-electron chi connectivity index (χ4n) is 3.87. The van der Waals surface area contributed by atoms with Gasteiger partial charge in [-0.2, -0.15) is 0 Å². The number of pyridine rings is 1. The fraction of sp³-hybridized carbons (Fsp3) is 0.125. The van der Waals surface area contributed by atoms with Gasteiger partial charge in [-0.05, 0) is 35.7 Å². The number of carbonyl (C=O) groups excluding carboxylic acids is 2. The van der Waals surface area contributed by atoms with E-state index < -0.39 is 23.0 Å². The predicted octanol–water partition coefficient (Wildman–Crippen LogP) is 1.83. The largest absolute Gasteiger partial charge is 0.497 e. The summed E-state index contributed by atoms with van der Waals surface area (Å²) in [6.07, 6.45) is 1.65. The molecular formula is C24H18N4O5. The summed E-state index contributed by atoms with van der Waals surface area (Å²) in [6.45, 7) is -0.175. The first-order chi connectivity index (χ1) is 15.9.